The maximum Gasteiger partial charge on any atom is 0.156 e. The number of aromatic amines is 1. The third-order valence-corrected chi connectivity index (χ3v) is 3.34. The molecule has 1 fully saturated rings. The lowest BCUT2D eigenvalue weighted by Crippen LogP contribution is -2.55. The summed E-state index contributed by atoms with van der Waals surface area (Å²) in [7, 11) is 0. The number of nitrogens with zero attached hydrogens (tertiary/aromatic N) is 2. The van der Waals surface area contributed by atoms with Crippen LogP contribution >= 0.6 is 0 Å². The summed E-state index contributed by atoms with van der Waals surface area (Å²) in [5.74, 6) is 0.802. The number of nitrogens with one attached hydrogen (secondary N) is 1. The van der Waals surface area contributed by atoms with Gasteiger partial charge in [-0.3, -0.25) is 5.10 Å². The van der Waals surface area contributed by atoms with Crippen molar-refractivity contribution >= 4 is 0 Å². The largest absolute Gasteiger partial charge is 0.394 e. The maximum absolute atomic E-state index is 9.98. The molecule has 1 aliphatic heterocycles. The van der Waals surface area contributed by atoms with E-state index in [0.29, 0.717) is 5.82 Å². The van der Waals surface area contributed by atoms with Gasteiger partial charge in [-0.05, 0) is 0 Å². The van der Waals surface area contributed by atoms with Crippen molar-refractivity contribution in [1.82, 2.24) is 15.2 Å². The van der Waals surface area contributed by atoms with Gasteiger partial charge in [0.2, 0.25) is 0 Å². The van der Waals surface area contributed by atoms with Gasteiger partial charge in [-0.15, -0.1) is 0 Å². The topological polar surface area (TPSA) is 132 Å². The molecule has 1 aromatic rings. The zero-order valence-electron chi connectivity index (χ0n) is 11.7. The highest BCUT2D eigenvalue weighted by molar-refractivity contribution is 5.07. The highest BCUT2D eigenvalue weighted by atomic mass is 16.5. The summed E-state index contributed by atoms with van der Waals surface area (Å²) in [5.41, 5.74) is -0.275. The van der Waals surface area contributed by atoms with Crippen LogP contribution in [-0.2, 0) is 10.2 Å². The molecule has 8 heteroatoms. The van der Waals surface area contributed by atoms with Gasteiger partial charge >= 0.3 is 0 Å². The van der Waals surface area contributed by atoms with Crippen LogP contribution in [0.3, 0.4) is 0 Å². The van der Waals surface area contributed by atoms with Crippen molar-refractivity contribution < 1.29 is 25.2 Å². The van der Waals surface area contributed by atoms with Gasteiger partial charge in [-0.25, -0.2) is 4.98 Å². The number of hydrogen-bond acceptors (Lipinski definition) is 7. The van der Waals surface area contributed by atoms with Crippen molar-refractivity contribution in [2.24, 2.45) is 0 Å². The van der Waals surface area contributed by atoms with Gasteiger partial charge < -0.3 is 25.2 Å². The van der Waals surface area contributed by atoms with Crippen molar-refractivity contribution in [3.8, 4) is 0 Å². The Morgan fingerprint density at radius 2 is 1.80 bits per heavy atom. The summed E-state index contributed by atoms with van der Waals surface area (Å²) >= 11 is 0. The highest BCUT2D eigenvalue weighted by Crippen LogP contribution is 2.31. The molecule has 20 heavy (non-hydrogen) atoms. The van der Waals surface area contributed by atoms with Crippen LogP contribution in [-0.4, -0.2) is 66.6 Å². The van der Waals surface area contributed by atoms with E-state index in [0.717, 1.165) is 0 Å². The van der Waals surface area contributed by atoms with Crippen LogP contribution in [0.15, 0.2) is 0 Å². The zero-order valence-corrected chi connectivity index (χ0v) is 11.7. The van der Waals surface area contributed by atoms with Crippen LogP contribution in [0.1, 0.15) is 38.5 Å². The Morgan fingerprint density at radius 1 is 1.15 bits per heavy atom. The third kappa shape index (κ3) is 2.70. The SMILES string of the molecule is CC(C)(C)c1n[nH]c([C@@H]2O[C@H](CO)[C@@H](O)[C@H](O)[C@H]2O)n1. The molecule has 0 aromatic carbocycles. The van der Waals surface area contributed by atoms with Crippen LogP contribution in [0.2, 0.25) is 0 Å². The molecule has 0 unspecified atom stereocenters. The molecule has 8 nitrogen and oxygen atoms in total. The Kier molecular flexibility index (Phi) is 4.12. The standard InChI is InChI=1S/C12H21N3O5/c1-12(2,3)11-13-10(14-15-11)9-8(19)7(18)6(17)5(4-16)20-9/h5-9,16-19H,4H2,1-3H3,(H,13,14,15)/t5-,6-,7+,8-,9-/m1/s1. The summed E-state index contributed by atoms with van der Waals surface area (Å²) < 4.78 is 5.40. The number of aliphatic hydroxyl groups excluding tert-OH is 4. The average molecular weight is 287 g/mol. The van der Waals surface area contributed by atoms with E-state index in [4.69, 9.17) is 9.84 Å². The minimum atomic E-state index is -1.42. The molecule has 1 aromatic heterocycles. The summed E-state index contributed by atoms with van der Waals surface area (Å²) in [4.78, 5) is 4.26. The highest BCUT2D eigenvalue weighted by Gasteiger charge is 2.45. The molecule has 0 bridgehead atoms. The Morgan fingerprint density at radius 3 is 2.30 bits per heavy atom. The van der Waals surface area contributed by atoms with Crippen LogP contribution < -0.4 is 0 Å². The molecule has 0 aliphatic carbocycles. The average Bonchev–Trinajstić information content (AvgIpc) is 2.86. The molecule has 2 heterocycles. The summed E-state index contributed by atoms with van der Waals surface area (Å²) in [6.45, 7) is 5.34. The van der Waals surface area contributed by atoms with E-state index in [1.807, 2.05) is 20.8 Å². The molecular weight excluding hydrogens is 266 g/mol. The fraction of sp³-hybridized carbons (Fsp3) is 0.833. The molecule has 114 valence electrons. The third-order valence-electron chi connectivity index (χ3n) is 3.34. The first-order valence-corrected chi connectivity index (χ1v) is 6.49. The van der Waals surface area contributed by atoms with Gasteiger partial charge in [-0.1, -0.05) is 20.8 Å². The van der Waals surface area contributed by atoms with E-state index in [-0.39, 0.29) is 11.2 Å². The Hall–Kier alpha value is -1.06. The number of H-pyrrole nitrogens is 1. The second kappa shape index (κ2) is 5.38. The van der Waals surface area contributed by atoms with Crippen LogP contribution in [0.5, 0.6) is 0 Å². The Balaban J connectivity index is 2.25. The van der Waals surface area contributed by atoms with Crippen molar-refractivity contribution in [1.29, 1.82) is 0 Å². The van der Waals surface area contributed by atoms with Gasteiger partial charge in [0.25, 0.3) is 0 Å². The fourth-order valence-electron chi connectivity index (χ4n) is 2.06. The van der Waals surface area contributed by atoms with E-state index >= 15 is 0 Å². The van der Waals surface area contributed by atoms with E-state index < -0.39 is 37.1 Å². The predicted molar refractivity (Wildman–Crippen MR) is 67.8 cm³/mol. The fourth-order valence-corrected chi connectivity index (χ4v) is 2.06. The van der Waals surface area contributed by atoms with Crippen LogP contribution in [0.4, 0.5) is 0 Å². The lowest BCUT2D eigenvalue weighted by molar-refractivity contribution is -0.233. The van der Waals surface area contributed by atoms with Crippen LogP contribution in [0.25, 0.3) is 0 Å². The van der Waals surface area contributed by atoms with E-state index in [2.05, 4.69) is 15.2 Å². The van der Waals surface area contributed by atoms with Crippen molar-refractivity contribution in [3.63, 3.8) is 0 Å². The number of hydrogen-bond donors (Lipinski definition) is 5. The molecule has 0 spiro atoms. The molecule has 5 N–H and O–H groups in total. The molecule has 0 saturated carbocycles. The lowest BCUT2D eigenvalue weighted by atomic mass is 9.94. The molecule has 1 saturated heterocycles. The summed E-state index contributed by atoms with van der Waals surface area (Å²) in [6, 6.07) is 0. The van der Waals surface area contributed by atoms with Gasteiger partial charge in [0, 0.05) is 5.41 Å². The van der Waals surface area contributed by atoms with Crippen molar-refractivity contribution in [2.45, 2.75) is 56.7 Å². The van der Waals surface area contributed by atoms with Gasteiger partial charge in [0.1, 0.15) is 30.5 Å². The van der Waals surface area contributed by atoms with Gasteiger partial charge in [-0.2, -0.15) is 5.10 Å². The Bertz CT molecular complexity index is 456. The quantitative estimate of drug-likeness (QED) is 0.453. The van der Waals surface area contributed by atoms with Gasteiger partial charge in [0.15, 0.2) is 11.6 Å². The first-order valence-electron chi connectivity index (χ1n) is 6.49. The number of aromatic nitrogens is 3. The molecule has 5 atom stereocenters. The second-order valence-electron chi connectivity index (χ2n) is 6.04. The summed E-state index contributed by atoms with van der Waals surface area (Å²) in [5, 5.41) is 45.3. The summed E-state index contributed by atoms with van der Waals surface area (Å²) in [6.07, 6.45) is -6.09. The van der Waals surface area contributed by atoms with Crippen molar-refractivity contribution in [3.05, 3.63) is 11.6 Å². The smallest absolute Gasteiger partial charge is 0.156 e. The van der Waals surface area contributed by atoms with Crippen molar-refractivity contribution in [2.75, 3.05) is 6.61 Å². The first kappa shape index (κ1) is 15.3. The number of rotatable bonds is 2. The molecule has 2 rings (SSSR count). The van der Waals surface area contributed by atoms with E-state index in [1.54, 1.807) is 0 Å². The van der Waals surface area contributed by atoms with Gasteiger partial charge in [0.05, 0.1) is 6.61 Å². The second-order valence-corrected chi connectivity index (χ2v) is 6.04. The molecule has 0 amide bonds. The molecule has 0 radical (unpaired) electrons. The number of ether oxygens (including phenoxy) is 1. The normalized spacial score (nSPS) is 35.2. The molecule has 1 aliphatic rings. The minimum absolute atomic E-state index is 0.256. The van der Waals surface area contributed by atoms with E-state index in [9.17, 15) is 15.3 Å². The maximum atomic E-state index is 9.98. The minimum Gasteiger partial charge on any atom is -0.394 e. The molecular formula is C12H21N3O5. The van der Waals surface area contributed by atoms with E-state index in [1.165, 1.54) is 0 Å². The first-order chi connectivity index (χ1) is 9.25. The Labute approximate surface area is 116 Å². The van der Waals surface area contributed by atoms with Crippen LogP contribution in [0, 0.1) is 0 Å². The number of aliphatic hydroxyl groups is 4. The monoisotopic (exact) mass is 287 g/mol. The lowest BCUT2D eigenvalue weighted by Gasteiger charge is -2.39. The zero-order chi connectivity index (χ0) is 15.1. The predicted octanol–water partition coefficient (Wildman–Crippen LogP) is -1.38.